The smallest absolute Gasteiger partial charge is 0.308 e. The summed E-state index contributed by atoms with van der Waals surface area (Å²) in [6.07, 6.45) is 4.94. The fourth-order valence-electron chi connectivity index (χ4n) is 2.17. The molecule has 1 saturated carbocycles. The van der Waals surface area contributed by atoms with E-state index in [4.69, 9.17) is 9.84 Å². The molecule has 0 heterocycles. The van der Waals surface area contributed by atoms with Crippen molar-refractivity contribution < 1.29 is 14.6 Å². The average molecular weight is 215 g/mol. The van der Waals surface area contributed by atoms with Crippen molar-refractivity contribution in [2.75, 3.05) is 20.3 Å². The van der Waals surface area contributed by atoms with Gasteiger partial charge in [0.1, 0.15) is 0 Å². The van der Waals surface area contributed by atoms with Crippen molar-refractivity contribution in [3.63, 3.8) is 0 Å². The van der Waals surface area contributed by atoms with Crippen molar-refractivity contribution in [1.82, 2.24) is 5.32 Å². The summed E-state index contributed by atoms with van der Waals surface area (Å²) in [5, 5.41) is 12.4. The van der Waals surface area contributed by atoms with Crippen LogP contribution in [0.15, 0.2) is 0 Å². The summed E-state index contributed by atoms with van der Waals surface area (Å²) >= 11 is 0. The lowest BCUT2D eigenvalue weighted by Crippen LogP contribution is -2.42. The van der Waals surface area contributed by atoms with E-state index in [-0.39, 0.29) is 12.0 Å². The predicted molar refractivity (Wildman–Crippen MR) is 57.9 cm³/mol. The van der Waals surface area contributed by atoms with E-state index in [2.05, 4.69) is 5.32 Å². The number of hydrogen-bond donors (Lipinski definition) is 2. The molecule has 0 aliphatic heterocycles. The quantitative estimate of drug-likeness (QED) is 0.655. The first-order valence-electron chi connectivity index (χ1n) is 5.71. The van der Waals surface area contributed by atoms with Crippen LogP contribution in [0.4, 0.5) is 0 Å². The highest BCUT2D eigenvalue weighted by atomic mass is 16.5. The summed E-state index contributed by atoms with van der Waals surface area (Å²) in [6, 6.07) is 0.160. The molecule has 15 heavy (non-hydrogen) atoms. The van der Waals surface area contributed by atoms with Crippen molar-refractivity contribution in [1.29, 1.82) is 0 Å². The molecule has 0 bridgehead atoms. The zero-order valence-corrected chi connectivity index (χ0v) is 9.37. The van der Waals surface area contributed by atoms with Gasteiger partial charge in [-0.25, -0.2) is 0 Å². The third kappa shape index (κ3) is 4.18. The fourth-order valence-corrected chi connectivity index (χ4v) is 2.17. The van der Waals surface area contributed by atoms with Crippen LogP contribution < -0.4 is 5.32 Å². The molecule has 0 radical (unpaired) electrons. The molecule has 0 spiro atoms. The second kappa shape index (κ2) is 6.80. The Kier molecular flexibility index (Phi) is 5.65. The predicted octanol–water partition coefficient (Wildman–Crippen LogP) is 1.26. The van der Waals surface area contributed by atoms with E-state index in [1.165, 1.54) is 0 Å². The largest absolute Gasteiger partial charge is 0.481 e. The standard InChI is InChI=1S/C11H21NO3/c1-15-8-4-7-12-10-6-3-2-5-9(10)11(13)14/h9-10,12H,2-8H2,1H3,(H,13,14). The van der Waals surface area contributed by atoms with E-state index in [9.17, 15) is 4.79 Å². The molecule has 4 heteroatoms. The van der Waals surface area contributed by atoms with E-state index in [1.807, 2.05) is 0 Å². The molecule has 1 aliphatic carbocycles. The van der Waals surface area contributed by atoms with Gasteiger partial charge in [-0.3, -0.25) is 4.79 Å². The fraction of sp³-hybridized carbons (Fsp3) is 0.909. The molecule has 0 aromatic rings. The lowest BCUT2D eigenvalue weighted by Gasteiger charge is -2.29. The summed E-state index contributed by atoms with van der Waals surface area (Å²) in [5.41, 5.74) is 0. The maximum atomic E-state index is 11.0. The van der Waals surface area contributed by atoms with Gasteiger partial charge in [-0.2, -0.15) is 0 Å². The lowest BCUT2D eigenvalue weighted by atomic mass is 9.84. The van der Waals surface area contributed by atoms with Crippen LogP contribution in [0.1, 0.15) is 32.1 Å². The monoisotopic (exact) mass is 215 g/mol. The minimum Gasteiger partial charge on any atom is -0.481 e. The number of rotatable bonds is 6. The number of aliphatic carboxylic acids is 1. The molecule has 0 aromatic heterocycles. The Morgan fingerprint density at radius 1 is 1.47 bits per heavy atom. The van der Waals surface area contributed by atoms with Gasteiger partial charge in [0.15, 0.2) is 0 Å². The molecule has 0 amide bonds. The van der Waals surface area contributed by atoms with Crippen LogP contribution in [-0.4, -0.2) is 37.4 Å². The summed E-state index contributed by atoms with van der Waals surface area (Å²) in [6.45, 7) is 1.58. The average Bonchev–Trinajstić information content (AvgIpc) is 2.25. The Balaban J connectivity index is 2.26. The molecule has 0 saturated heterocycles. The molecule has 1 rings (SSSR count). The summed E-state index contributed by atoms with van der Waals surface area (Å²) < 4.78 is 4.95. The van der Waals surface area contributed by atoms with Gasteiger partial charge in [0.2, 0.25) is 0 Å². The Bertz CT molecular complexity index is 196. The highest BCUT2D eigenvalue weighted by Gasteiger charge is 2.29. The molecule has 2 atom stereocenters. The van der Waals surface area contributed by atoms with E-state index in [1.54, 1.807) is 7.11 Å². The number of ether oxygens (including phenoxy) is 1. The molecule has 0 aromatic carbocycles. The second-order valence-electron chi connectivity index (χ2n) is 4.14. The Hall–Kier alpha value is -0.610. The van der Waals surface area contributed by atoms with Gasteiger partial charge in [0.25, 0.3) is 0 Å². The first-order valence-corrected chi connectivity index (χ1v) is 5.71. The van der Waals surface area contributed by atoms with Crippen molar-refractivity contribution in [3.05, 3.63) is 0 Å². The van der Waals surface area contributed by atoms with Crippen LogP contribution in [-0.2, 0) is 9.53 Å². The second-order valence-corrected chi connectivity index (χ2v) is 4.14. The van der Waals surface area contributed by atoms with E-state index in [0.717, 1.165) is 45.3 Å². The molecule has 4 nitrogen and oxygen atoms in total. The van der Waals surface area contributed by atoms with Crippen molar-refractivity contribution in [2.45, 2.75) is 38.1 Å². The van der Waals surface area contributed by atoms with Crippen LogP contribution in [0.5, 0.6) is 0 Å². The van der Waals surface area contributed by atoms with Gasteiger partial charge < -0.3 is 15.2 Å². The van der Waals surface area contributed by atoms with Crippen molar-refractivity contribution in [3.8, 4) is 0 Å². The minimum absolute atomic E-state index is 0.160. The first kappa shape index (κ1) is 12.5. The Morgan fingerprint density at radius 3 is 2.87 bits per heavy atom. The summed E-state index contributed by atoms with van der Waals surface area (Å²) in [7, 11) is 1.68. The van der Waals surface area contributed by atoms with Gasteiger partial charge in [-0.1, -0.05) is 12.8 Å². The molecular weight excluding hydrogens is 194 g/mol. The highest BCUT2D eigenvalue weighted by Crippen LogP contribution is 2.24. The lowest BCUT2D eigenvalue weighted by molar-refractivity contribution is -0.143. The Labute approximate surface area is 91.0 Å². The van der Waals surface area contributed by atoms with Gasteiger partial charge in [-0.15, -0.1) is 0 Å². The number of carboxylic acid groups (broad SMARTS) is 1. The van der Waals surface area contributed by atoms with E-state index >= 15 is 0 Å². The molecule has 88 valence electrons. The number of methoxy groups -OCH3 is 1. The number of carboxylic acids is 1. The number of nitrogens with one attached hydrogen (secondary N) is 1. The van der Waals surface area contributed by atoms with Gasteiger partial charge in [0, 0.05) is 19.8 Å². The number of hydrogen-bond acceptors (Lipinski definition) is 3. The van der Waals surface area contributed by atoms with Gasteiger partial charge in [0.05, 0.1) is 5.92 Å². The normalized spacial score (nSPS) is 26.5. The molecular formula is C11H21NO3. The zero-order valence-electron chi connectivity index (χ0n) is 9.37. The maximum absolute atomic E-state index is 11.0. The summed E-state index contributed by atoms with van der Waals surface area (Å²) in [5.74, 6) is -0.847. The maximum Gasteiger partial charge on any atom is 0.308 e. The van der Waals surface area contributed by atoms with Crippen molar-refractivity contribution >= 4 is 5.97 Å². The summed E-state index contributed by atoms with van der Waals surface area (Å²) in [4.78, 5) is 11.0. The Morgan fingerprint density at radius 2 is 2.20 bits per heavy atom. The van der Waals surface area contributed by atoms with Crippen molar-refractivity contribution in [2.24, 2.45) is 5.92 Å². The molecule has 2 N–H and O–H groups in total. The van der Waals surface area contributed by atoms with E-state index in [0.29, 0.717) is 0 Å². The molecule has 1 fully saturated rings. The highest BCUT2D eigenvalue weighted by molar-refractivity contribution is 5.71. The van der Waals surface area contributed by atoms with E-state index < -0.39 is 5.97 Å². The van der Waals surface area contributed by atoms with Crippen LogP contribution in [0.2, 0.25) is 0 Å². The van der Waals surface area contributed by atoms with Gasteiger partial charge >= 0.3 is 5.97 Å². The van der Waals surface area contributed by atoms with Crippen LogP contribution in [0.25, 0.3) is 0 Å². The first-order chi connectivity index (χ1) is 7.25. The molecule has 1 aliphatic rings. The third-order valence-corrected chi connectivity index (χ3v) is 3.01. The van der Waals surface area contributed by atoms with Crippen LogP contribution in [0, 0.1) is 5.92 Å². The SMILES string of the molecule is COCCCNC1CCCCC1C(=O)O. The minimum atomic E-state index is -0.654. The van der Waals surface area contributed by atoms with Crippen LogP contribution in [0.3, 0.4) is 0 Å². The third-order valence-electron chi connectivity index (χ3n) is 3.01. The topological polar surface area (TPSA) is 58.6 Å². The zero-order chi connectivity index (χ0) is 11.1. The number of carbonyl (C=O) groups is 1. The van der Waals surface area contributed by atoms with Crippen LogP contribution >= 0.6 is 0 Å². The van der Waals surface area contributed by atoms with Gasteiger partial charge in [-0.05, 0) is 25.8 Å². The molecule has 2 unspecified atom stereocenters.